The van der Waals surface area contributed by atoms with Gasteiger partial charge in [0.2, 0.25) is 0 Å². The average molecular weight is 137 g/mol. The van der Waals surface area contributed by atoms with Crippen molar-refractivity contribution in [3.8, 4) is 0 Å². The van der Waals surface area contributed by atoms with Crippen molar-refractivity contribution < 1.29 is 4.92 Å². The number of nitrogens with zero attached hydrogens (tertiary/aromatic N) is 1. The van der Waals surface area contributed by atoms with E-state index in [-0.39, 0.29) is 4.24 Å². The zero-order chi connectivity index (χ0) is 5.86. The second kappa shape index (κ2) is 2.92. The summed E-state index contributed by atoms with van der Waals surface area (Å²) in [4.78, 5) is 8.83. The van der Waals surface area contributed by atoms with Crippen molar-refractivity contribution in [3.05, 3.63) is 20.6 Å². The van der Waals surface area contributed by atoms with Crippen LogP contribution in [0.25, 0.3) is 0 Å². The largest absolute Gasteiger partial charge is 0.259 e. The van der Waals surface area contributed by atoms with Gasteiger partial charge in [-0.3, -0.25) is 10.1 Å². The van der Waals surface area contributed by atoms with Crippen LogP contribution in [0, 0.1) is 10.1 Å². The molecule has 0 atom stereocenters. The van der Waals surface area contributed by atoms with Crippen molar-refractivity contribution >= 4 is 25.3 Å². The lowest BCUT2D eigenvalue weighted by Crippen LogP contribution is -1.81. The average Bonchev–Trinajstić information content (AvgIpc) is 1.27. The molecule has 3 nitrogen and oxygen atoms in total. The van der Waals surface area contributed by atoms with Crippen LogP contribution in [0.4, 0.5) is 0 Å². The van der Waals surface area contributed by atoms with E-state index in [0.29, 0.717) is 6.20 Å². The molecule has 40 valence electrons. The smallest absolute Gasteiger partial charge is 0.253 e. The van der Waals surface area contributed by atoms with E-state index in [1.54, 1.807) is 0 Å². The van der Waals surface area contributed by atoms with Gasteiger partial charge in [-0.15, -0.1) is 25.3 Å². The van der Waals surface area contributed by atoms with E-state index < -0.39 is 4.92 Å². The lowest BCUT2D eigenvalue weighted by Gasteiger charge is -1.76. The molecule has 0 spiro atoms. The lowest BCUT2D eigenvalue weighted by atomic mass is 11.1. The highest BCUT2D eigenvalue weighted by molar-refractivity contribution is 8.04. The molecule has 0 rings (SSSR count). The Morgan fingerprint density at radius 2 is 2.14 bits per heavy atom. The van der Waals surface area contributed by atoms with Gasteiger partial charge in [-0.1, -0.05) is 0 Å². The van der Waals surface area contributed by atoms with Crippen molar-refractivity contribution in [3.63, 3.8) is 0 Å². The zero-order valence-corrected chi connectivity index (χ0v) is 5.02. The third-order valence-corrected chi connectivity index (χ3v) is 0.452. The third-order valence-electron chi connectivity index (χ3n) is 0.221. The van der Waals surface area contributed by atoms with Gasteiger partial charge in [0.25, 0.3) is 6.20 Å². The van der Waals surface area contributed by atoms with Crippen molar-refractivity contribution in [1.29, 1.82) is 0 Å². The van der Waals surface area contributed by atoms with Crippen LogP contribution in [0.15, 0.2) is 10.4 Å². The fourth-order valence-corrected chi connectivity index (χ4v) is 0.283. The van der Waals surface area contributed by atoms with Gasteiger partial charge in [0.05, 0.1) is 4.92 Å². The fourth-order valence-electron chi connectivity index (χ4n) is 0.0943. The van der Waals surface area contributed by atoms with E-state index in [2.05, 4.69) is 25.3 Å². The molecular weight excluding hydrogens is 134 g/mol. The molecule has 0 N–H and O–H groups in total. The van der Waals surface area contributed by atoms with E-state index in [1.165, 1.54) is 0 Å². The van der Waals surface area contributed by atoms with Crippen LogP contribution in [0.1, 0.15) is 0 Å². The van der Waals surface area contributed by atoms with Gasteiger partial charge >= 0.3 is 0 Å². The van der Waals surface area contributed by atoms with Gasteiger partial charge in [0.15, 0.2) is 0 Å². The quantitative estimate of drug-likeness (QED) is 0.320. The van der Waals surface area contributed by atoms with Crippen molar-refractivity contribution in [1.82, 2.24) is 0 Å². The first-order valence-corrected chi connectivity index (χ1v) is 2.25. The minimum Gasteiger partial charge on any atom is -0.259 e. The van der Waals surface area contributed by atoms with E-state index in [9.17, 15) is 10.1 Å². The minimum absolute atomic E-state index is 0.102. The summed E-state index contributed by atoms with van der Waals surface area (Å²) in [6, 6.07) is 0. The Labute approximate surface area is 51.4 Å². The predicted molar refractivity (Wildman–Crippen MR) is 33.0 cm³/mol. The summed E-state index contributed by atoms with van der Waals surface area (Å²) in [7, 11) is 0. The molecule has 0 aliphatic carbocycles. The molecule has 5 heteroatoms. The summed E-state index contributed by atoms with van der Waals surface area (Å²) in [6.07, 6.45) is 0.701. The molecule has 0 heterocycles. The topological polar surface area (TPSA) is 43.1 Å². The number of thiol groups is 2. The van der Waals surface area contributed by atoms with E-state index in [1.807, 2.05) is 0 Å². The van der Waals surface area contributed by atoms with Gasteiger partial charge in [0.1, 0.15) is 4.24 Å². The molecule has 0 amide bonds. The van der Waals surface area contributed by atoms with E-state index in [0.717, 1.165) is 0 Å². The maximum atomic E-state index is 9.44. The lowest BCUT2D eigenvalue weighted by molar-refractivity contribution is -0.402. The first-order valence-electron chi connectivity index (χ1n) is 1.36. The van der Waals surface area contributed by atoms with Crippen LogP contribution in [0.3, 0.4) is 0 Å². The van der Waals surface area contributed by atoms with Crippen molar-refractivity contribution in [2.45, 2.75) is 0 Å². The molecule has 0 aromatic rings. The van der Waals surface area contributed by atoms with Gasteiger partial charge < -0.3 is 0 Å². The maximum Gasteiger partial charge on any atom is 0.253 e. The Hall–Kier alpha value is -0.160. The third kappa shape index (κ3) is 5.84. The molecule has 0 radical (unpaired) electrons. The van der Waals surface area contributed by atoms with Gasteiger partial charge in [-0.25, -0.2) is 0 Å². The Morgan fingerprint density at radius 1 is 1.71 bits per heavy atom. The highest BCUT2D eigenvalue weighted by atomic mass is 32.2. The molecule has 0 aromatic carbocycles. The first kappa shape index (κ1) is 6.84. The van der Waals surface area contributed by atoms with Gasteiger partial charge in [-0.05, 0) is 0 Å². The van der Waals surface area contributed by atoms with Crippen LogP contribution in [-0.2, 0) is 0 Å². The highest BCUT2D eigenvalue weighted by Crippen LogP contribution is 2.02. The Bertz CT molecular complexity index is 106. The summed E-state index contributed by atoms with van der Waals surface area (Å²) < 4.78 is 0.102. The van der Waals surface area contributed by atoms with Crippen molar-refractivity contribution in [2.24, 2.45) is 0 Å². The fraction of sp³-hybridized carbons (Fsp3) is 0. The minimum atomic E-state index is -0.616. The zero-order valence-electron chi connectivity index (χ0n) is 3.24. The molecule has 0 fully saturated rings. The van der Waals surface area contributed by atoms with Crippen LogP contribution in [0.5, 0.6) is 0 Å². The number of hydrogen-bond acceptors (Lipinski definition) is 4. The highest BCUT2D eigenvalue weighted by Gasteiger charge is 1.85. The molecule has 7 heavy (non-hydrogen) atoms. The number of hydrogen-bond donors (Lipinski definition) is 2. The SMILES string of the molecule is O=[N+]([O-])C=C(S)S. The summed E-state index contributed by atoms with van der Waals surface area (Å²) >= 11 is 7.04. The van der Waals surface area contributed by atoms with Crippen LogP contribution in [-0.4, -0.2) is 4.92 Å². The first-order chi connectivity index (χ1) is 3.13. The molecular formula is C2H3NO2S2. The maximum absolute atomic E-state index is 9.44. The summed E-state index contributed by atoms with van der Waals surface area (Å²) in [5, 5.41) is 9.44. The van der Waals surface area contributed by atoms with Crippen LogP contribution in [0.2, 0.25) is 0 Å². The summed E-state index contributed by atoms with van der Waals surface area (Å²) in [5.41, 5.74) is 0. The standard InChI is InChI=1S/C2H3NO2S2/c4-3(5)1-2(6)7/h1,6-7H. The van der Waals surface area contributed by atoms with Crippen LogP contribution < -0.4 is 0 Å². The Kier molecular flexibility index (Phi) is 2.86. The summed E-state index contributed by atoms with van der Waals surface area (Å²) in [5.74, 6) is 0. The molecule has 0 aromatic heterocycles. The molecule has 0 bridgehead atoms. The molecule has 0 unspecified atom stereocenters. The normalized spacial score (nSPS) is 7.71. The molecule has 0 saturated heterocycles. The van der Waals surface area contributed by atoms with Gasteiger partial charge in [0, 0.05) is 0 Å². The van der Waals surface area contributed by atoms with Gasteiger partial charge in [-0.2, -0.15) is 0 Å². The second-order valence-electron chi connectivity index (χ2n) is 0.773. The second-order valence-corrected chi connectivity index (χ2v) is 2.09. The number of rotatable bonds is 1. The van der Waals surface area contributed by atoms with Crippen molar-refractivity contribution in [2.75, 3.05) is 0 Å². The Balaban J connectivity index is 3.68. The van der Waals surface area contributed by atoms with E-state index >= 15 is 0 Å². The van der Waals surface area contributed by atoms with E-state index in [4.69, 9.17) is 0 Å². The molecule has 0 saturated carbocycles. The number of nitro groups is 1. The molecule has 0 aliphatic heterocycles. The Morgan fingerprint density at radius 3 is 2.14 bits per heavy atom. The monoisotopic (exact) mass is 137 g/mol. The van der Waals surface area contributed by atoms with Crippen LogP contribution >= 0.6 is 25.3 Å². The predicted octanol–water partition coefficient (Wildman–Crippen LogP) is 0.922. The molecule has 0 aliphatic rings. The summed E-state index contributed by atoms with van der Waals surface area (Å²) in [6.45, 7) is 0.